The third-order valence-electron chi connectivity index (χ3n) is 3.40. The van der Waals surface area contributed by atoms with E-state index in [1.54, 1.807) is 0 Å². The molecular formula is C13H15ClFNO. The molecule has 0 spiro atoms. The van der Waals surface area contributed by atoms with Gasteiger partial charge in [-0.2, -0.15) is 0 Å². The van der Waals surface area contributed by atoms with E-state index in [1.165, 1.54) is 18.2 Å². The third-order valence-corrected chi connectivity index (χ3v) is 3.77. The number of carbonyl (C=O) groups excluding carboxylic acids is 1. The van der Waals surface area contributed by atoms with Crippen molar-refractivity contribution in [3.05, 3.63) is 34.6 Å². The lowest BCUT2D eigenvalue weighted by atomic mass is 9.82. The molecule has 2 nitrogen and oxygen atoms in total. The summed E-state index contributed by atoms with van der Waals surface area (Å²) in [5.41, 5.74) is 0.236. The van der Waals surface area contributed by atoms with Crippen LogP contribution in [0.2, 0.25) is 5.02 Å². The molecule has 1 aliphatic rings. The average Bonchev–Trinajstić information content (AvgIpc) is 2.72. The van der Waals surface area contributed by atoms with E-state index in [0.717, 1.165) is 13.0 Å². The first kappa shape index (κ1) is 12.5. The topological polar surface area (TPSA) is 29.1 Å². The first-order valence-corrected chi connectivity index (χ1v) is 6.07. The van der Waals surface area contributed by atoms with E-state index in [0.29, 0.717) is 17.1 Å². The molecule has 1 saturated heterocycles. The van der Waals surface area contributed by atoms with Gasteiger partial charge in [0.2, 0.25) is 0 Å². The molecule has 0 saturated carbocycles. The van der Waals surface area contributed by atoms with Gasteiger partial charge in [-0.05, 0) is 36.7 Å². The summed E-state index contributed by atoms with van der Waals surface area (Å²) >= 11 is 5.96. The van der Waals surface area contributed by atoms with Crippen LogP contribution in [0.5, 0.6) is 0 Å². The lowest BCUT2D eigenvalue weighted by molar-refractivity contribution is -0.126. The van der Waals surface area contributed by atoms with Gasteiger partial charge in [0.1, 0.15) is 11.6 Å². The summed E-state index contributed by atoms with van der Waals surface area (Å²) in [6, 6.07) is 4.13. The molecule has 1 aromatic carbocycles. The van der Waals surface area contributed by atoms with Gasteiger partial charge in [0.05, 0.1) is 0 Å². The van der Waals surface area contributed by atoms with Crippen molar-refractivity contribution < 1.29 is 9.18 Å². The van der Waals surface area contributed by atoms with Gasteiger partial charge in [-0.25, -0.2) is 4.39 Å². The molecule has 1 N–H and O–H groups in total. The smallest absolute Gasteiger partial charge is 0.144 e. The molecule has 2 rings (SSSR count). The molecule has 0 radical (unpaired) electrons. The first-order valence-electron chi connectivity index (χ1n) is 5.69. The average molecular weight is 256 g/mol. The van der Waals surface area contributed by atoms with Crippen LogP contribution in [0.1, 0.15) is 18.9 Å². The Hall–Kier alpha value is -0.930. The Balaban J connectivity index is 2.15. The molecule has 17 heavy (non-hydrogen) atoms. The predicted molar refractivity (Wildman–Crippen MR) is 65.7 cm³/mol. The van der Waals surface area contributed by atoms with E-state index < -0.39 is 0 Å². The lowest BCUT2D eigenvalue weighted by Gasteiger charge is -2.21. The normalized spacial score (nSPS) is 23.9. The molecule has 1 atom stereocenters. The van der Waals surface area contributed by atoms with Gasteiger partial charge in [-0.1, -0.05) is 18.5 Å². The minimum Gasteiger partial charge on any atom is -0.316 e. The summed E-state index contributed by atoms with van der Waals surface area (Å²) in [6.45, 7) is 3.50. The van der Waals surface area contributed by atoms with Crippen LogP contribution in [0, 0.1) is 11.2 Å². The van der Waals surface area contributed by atoms with Crippen LogP contribution in [0.4, 0.5) is 4.39 Å². The van der Waals surface area contributed by atoms with Crippen molar-refractivity contribution in [3.63, 3.8) is 0 Å². The maximum Gasteiger partial charge on any atom is 0.144 e. The van der Waals surface area contributed by atoms with Gasteiger partial charge in [-0.3, -0.25) is 4.79 Å². The molecule has 1 fully saturated rings. The quantitative estimate of drug-likeness (QED) is 0.900. The van der Waals surface area contributed by atoms with Gasteiger partial charge in [0, 0.05) is 23.4 Å². The zero-order valence-corrected chi connectivity index (χ0v) is 10.5. The second-order valence-corrected chi connectivity index (χ2v) is 5.23. The summed E-state index contributed by atoms with van der Waals surface area (Å²) in [6.07, 6.45) is 1.04. The van der Waals surface area contributed by atoms with Gasteiger partial charge in [0.25, 0.3) is 0 Å². The Kier molecular flexibility index (Phi) is 3.50. The molecule has 1 aliphatic heterocycles. The monoisotopic (exact) mass is 255 g/mol. The largest absolute Gasteiger partial charge is 0.316 e. The molecule has 1 heterocycles. The maximum absolute atomic E-state index is 13.1. The molecule has 1 unspecified atom stereocenters. The van der Waals surface area contributed by atoms with Crippen LogP contribution in [0.15, 0.2) is 18.2 Å². The molecule has 0 amide bonds. The highest BCUT2D eigenvalue weighted by molar-refractivity contribution is 6.31. The molecule has 1 aromatic rings. The Morgan fingerprint density at radius 3 is 3.00 bits per heavy atom. The number of hydrogen-bond acceptors (Lipinski definition) is 2. The molecular weight excluding hydrogens is 241 g/mol. The van der Waals surface area contributed by atoms with E-state index in [-0.39, 0.29) is 23.4 Å². The highest BCUT2D eigenvalue weighted by atomic mass is 35.5. The van der Waals surface area contributed by atoms with E-state index in [1.807, 2.05) is 6.92 Å². The van der Waals surface area contributed by atoms with Gasteiger partial charge in [-0.15, -0.1) is 0 Å². The second kappa shape index (κ2) is 4.75. The number of carbonyl (C=O) groups is 1. The van der Waals surface area contributed by atoms with Gasteiger partial charge >= 0.3 is 0 Å². The maximum atomic E-state index is 13.1. The number of rotatable bonds is 3. The van der Waals surface area contributed by atoms with E-state index >= 15 is 0 Å². The van der Waals surface area contributed by atoms with Crippen molar-refractivity contribution in [1.29, 1.82) is 0 Å². The number of ketones is 1. The van der Waals surface area contributed by atoms with Crippen molar-refractivity contribution in [2.45, 2.75) is 19.8 Å². The van der Waals surface area contributed by atoms with Crippen LogP contribution in [-0.4, -0.2) is 18.9 Å². The summed E-state index contributed by atoms with van der Waals surface area (Å²) in [5, 5.41) is 3.63. The van der Waals surface area contributed by atoms with E-state index in [2.05, 4.69) is 5.32 Å². The molecule has 4 heteroatoms. The van der Waals surface area contributed by atoms with Crippen molar-refractivity contribution in [1.82, 2.24) is 5.32 Å². The summed E-state index contributed by atoms with van der Waals surface area (Å²) < 4.78 is 13.1. The Bertz CT molecular complexity index is 441. The highest BCUT2D eigenvalue weighted by Gasteiger charge is 2.35. The number of nitrogens with one attached hydrogen (secondary N) is 1. The minimum atomic E-state index is -0.355. The van der Waals surface area contributed by atoms with Crippen LogP contribution >= 0.6 is 11.6 Å². The van der Waals surface area contributed by atoms with E-state index in [9.17, 15) is 9.18 Å². The van der Waals surface area contributed by atoms with Crippen molar-refractivity contribution >= 4 is 17.4 Å². The molecule has 92 valence electrons. The Morgan fingerprint density at radius 1 is 1.59 bits per heavy atom. The van der Waals surface area contributed by atoms with Crippen LogP contribution in [0.3, 0.4) is 0 Å². The zero-order chi connectivity index (χ0) is 12.5. The van der Waals surface area contributed by atoms with Gasteiger partial charge in [0.15, 0.2) is 0 Å². The predicted octanol–water partition coefficient (Wildman–Crippen LogP) is 2.59. The summed E-state index contributed by atoms with van der Waals surface area (Å²) in [7, 11) is 0. The second-order valence-electron chi connectivity index (χ2n) is 4.82. The fourth-order valence-corrected chi connectivity index (χ4v) is 2.30. The first-order chi connectivity index (χ1) is 8.01. The van der Waals surface area contributed by atoms with Crippen molar-refractivity contribution in [2.24, 2.45) is 5.41 Å². The molecule has 0 aromatic heterocycles. The zero-order valence-electron chi connectivity index (χ0n) is 9.72. The highest BCUT2D eigenvalue weighted by Crippen LogP contribution is 2.28. The fraction of sp³-hybridized carbons (Fsp3) is 0.462. The third kappa shape index (κ3) is 2.67. The van der Waals surface area contributed by atoms with E-state index in [4.69, 9.17) is 11.6 Å². The minimum absolute atomic E-state index is 0.120. The molecule has 0 bridgehead atoms. The van der Waals surface area contributed by atoms with Crippen molar-refractivity contribution in [2.75, 3.05) is 13.1 Å². The Labute approximate surface area is 105 Å². The van der Waals surface area contributed by atoms with Crippen LogP contribution in [0.25, 0.3) is 0 Å². The standard InChI is InChI=1S/C13H15ClFNO/c1-13(4-5-16-8-13)12(17)7-9-6-10(15)2-3-11(9)14/h2-3,6,16H,4-5,7-8H2,1H3. The Morgan fingerprint density at radius 2 is 2.35 bits per heavy atom. The number of Topliss-reactive ketones (excluding diaryl/α,β-unsaturated/α-hetero) is 1. The fourth-order valence-electron chi connectivity index (χ4n) is 2.12. The van der Waals surface area contributed by atoms with Crippen LogP contribution in [-0.2, 0) is 11.2 Å². The number of halogens is 2. The number of hydrogen-bond donors (Lipinski definition) is 1. The number of benzene rings is 1. The lowest BCUT2D eigenvalue weighted by Crippen LogP contribution is -2.31. The summed E-state index contributed by atoms with van der Waals surface area (Å²) in [4.78, 5) is 12.2. The summed E-state index contributed by atoms with van der Waals surface area (Å²) in [5.74, 6) is -0.234. The molecule has 0 aliphatic carbocycles. The van der Waals surface area contributed by atoms with Crippen molar-refractivity contribution in [3.8, 4) is 0 Å². The SMILES string of the molecule is CC1(C(=O)Cc2cc(F)ccc2Cl)CCNC1. The van der Waals surface area contributed by atoms with Crippen LogP contribution < -0.4 is 5.32 Å². The van der Waals surface area contributed by atoms with Gasteiger partial charge < -0.3 is 5.32 Å².